The van der Waals surface area contributed by atoms with Crippen LogP contribution in [-0.4, -0.2) is 34.9 Å². The molecule has 0 spiro atoms. The quantitative estimate of drug-likeness (QED) is 0.680. The first-order valence-electron chi connectivity index (χ1n) is 6.43. The van der Waals surface area contributed by atoms with Gasteiger partial charge in [-0.05, 0) is 18.9 Å². The van der Waals surface area contributed by atoms with E-state index in [1.807, 2.05) is 0 Å². The third-order valence-electron chi connectivity index (χ3n) is 3.46. The van der Waals surface area contributed by atoms with Gasteiger partial charge in [-0.3, -0.25) is 14.9 Å². The Morgan fingerprint density at radius 3 is 2.65 bits per heavy atom. The molecule has 1 aliphatic heterocycles. The summed E-state index contributed by atoms with van der Waals surface area (Å²) in [5.74, 6) is -0.487. The van der Waals surface area contributed by atoms with E-state index in [1.54, 1.807) is 4.90 Å². The monoisotopic (exact) mass is 281 g/mol. The molecule has 0 bridgehead atoms. The molecule has 0 atom stereocenters. The average molecular weight is 281 g/mol. The van der Waals surface area contributed by atoms with Crippen LogP contribution in [0.3, 0.4) is 0 Å². The zero-order valence-corrected chi connectivity index (χ0v) is 11.1. The Morgan fingerprint density at radius 2 is 2.10 bits per heavy atom. The van der Waals surface area contributed by atoms with Gasteiger partial charge in [0.15, 0.2) is 0 Å². The molecular formula is C13H16FN3O3. The van der Waals surface area contributed by atoms with Crippen molar-refractivity contribution in [1.29, 1.82) is 0 Å². The van der Waals surface area contributed by atoms with E-state index < -0.39 is 10.7 Å². The second-order valence-electron chi connectivity index (χ2n) is 4.84. The highest BCUT2D eigenvalue weighted by molar-refractivity contribution is 5.73. The lowest BCUT2D eigenvalue weighted by Gasteiger charge is -2.32. The number of hydrogen-bond acceptors (Lipinski definition) is 4. The number of halogens is 1. The van der Waals surface area contributed by atoms with Crippen LogP contribution in [0.25, 0.3) is 0 Å². The van der Waals surface area contributed by atoms with Gasteiger partial charge >= 0.3 is 0 Å². The van der Waals surface area contributed by atoms with E-state index in [0.717, 1.165) is 18.2 Å². The predicted molar refractivity (Wildman–Crippen MR) is 72.0 cm³/mol. The Bertz CT molecular complexity index is 528. The summed E-state index contributed by atoms with van der Waals surface area (Å²) in [6.07, 6.45) is 1.38. The van der Waals surface area contributed by atoms with Crippen LogP contribution in [0.15, 0.2) is 18.2 Å². The van der Waals surface area contributed by atoms with E-state index in [0.29, 0.717) is 25.9 Å². The summed E-state index contributed by atoms with van der Waals surface area (Å²) in [6.45, 7) is 2.73. The van der Waals surface area contributed by atoms with Crippen LogP contribution < -0.4 is 5.32 Å². The molecule has 7 heteroatoms. The van der Waals surface area contributed by atoms with Crippen molar-refractivity contribution in [1.82, 2.24) is 4.90 Å². The fourth-order valence-corrected chi connectivity index (χ4v) is 2.34. The van der Waals surface area contributed by atoms with Crippen molar-refractivity contribution < 1.29 is 14.1 Å². The summed E-state index contributed by atoms with van der Waals surface area (Å²) >= 11 is 0. The van der Waals surface area contributed by atoms with Gasteiger partial charge in [-0.15, -0.1) is 0 Å². The number of nitrogens with one attached hydrogen (secondary N) is 1. The number of anilines is 1. The minimum absolute atomic E-state index is 0.00565. The lowest BCUT2D eigenvalue weighted by molar-refractivity contribution is -0.384. The summed E-state index contributed by atoms with van der Waals surface area (Å²) in [6, 6.07) is 3.37. The average Bonchev–Trinajstić information content (AvgIpc) is 2.39. The first-order chi connectivity index (χ1) is 9.47. The molecule has 0 saturated carbocycles. The molecule has 20 heavy (non-hydrogen) atoms. The zero-order valence-electron chi connectivity index (χ0n) is 11.1. The van der Waals surface area contributed by atoms with Crippen molar-refractivity contribution in [2.45, 2.75) is 25.8 Å². The Labute approximate surface area is 115 Å². The third-order valence-corrected chi connectivity index (χ3v) is 3.46. The second-order valence-corrected chi connectivity index (χ2v) is 4.84. The van der Waals surface area contributed by atoms with E-state index in [9.17, 15) is 19.3 Å². The van der Waals surface area contributed by atoms with Crippen molar-refractivity contribution in [3.63, 3.8) is 0 Å². The lowest BCUT2D eigenvalue weighted by atomic mass is 10.0. The number of nitrogens with zero attached hydrogens (tertiary/aromatic N) is 2. The number of amides is 1. The number of likely N-dealkylation sites (tertiary alicyclic amines) is 1. The maximum atomic E-state index is 13.2. The first-order valence-corrected chi connectivity index (χ1v) is 6.43. The van der Waals surface area contributed by atoms with Gasteiger partial charge in [-0.2, -0.15) is 0 Å². The summed E-state index contributed by atoms with van der Waals surface area (Å²) in [4.78, 5) is 23.3. The summed E-state index contributed by atoms with van der Waals surface area (Å²) < 4.78 is 13.2. The maximum absolute atomic E-state index is 13.2. The van der Waals surface area contributed by atoms with E-state index in [2.05, 4.69) is 5.32 Å². The van der Waals surface area contributed by atoms with Crippen LogP contribution in [0, 0.1) is 15.9 Å². The zero-order chi connectivity index (χ0) is 14.7. The minimum Gasteiger partial charge on any atom is -0.377 e. The van der Waals surface area contributed by atoms with Gasteiger partial charge in [0.25, 0.3) is 5.69 Å². The van der Waals surface area contributed by atoms with Gasteiger partial charge in [-0.25, -0.2) is 4.39 Å². The van der Waals surface area contributed by atoms with Gasteiger partial charge < -0.3 is 10.2 Å². The Kier molecular flexibility index (Phi) is 4.16. The number of nitro benzene ring substituents is 1. The Morgan fingerprint density at radius 1 is 1.45 bits per heavy atom. The normalized spacial score (nSPS) is 16.0. The van der Waals surface area contributed by atoms with Gasteiger partial charge in [0.1, 0.15) is 11.5 Å². The van der Waals surface area contributed by atoms with Crippen molar-refractivity contribution in [2.24, 2.45) is 0 Å². The van der Waals surface area contributed by atoms with E-state index in [4.69, 9.17) is 0 Å². The smallest absolute Gasteiger partial charge is 0.292 e. The molecule has 1 aromatic rings. The molecule has 108 valence electrons. The molecule has 1 aliphatic rings. The fraction of sp³-hybridized carbons (Fsp3) is 0.462. The highest BCUT2D eigenvalue weighted by atomic mass is 19.1. The number of carbonyl (C=O) groups is 1. The lowest BCUT2D eigenvalue weighted by Crippen LogP contribution is -2.41. The fourth-order valence-electron chi connectivity index (χ4n) is 2.34. The van der Waals surface area contributed by atoms with Gasteiger partial charge in [0.2, 0.25) is 5.91 Å². The van der Waals surface area contributed by atoms with Crippen LogP contribution in [-0.2, 0) is 4.79 Å². The van der Waals surface area contributed by atoms with Crippen LogP contribution in [0.5, 0.6) is 0 Å². The Hall–Kier alpha value is -2.18. The minimum atomic E-state index is -0.535. The van der Waals surface area contributed by atoms with Gasteiger partial charge in [0.05, 0.1) is 4.92 Å². The molecule has 1 heterocycles. The molecule has 1 saturated heterocycles. The molecule has 0 radical (unpaired) electrons. The number of carbonyl (C=O) groups excluding carboxylic acids is 1. The SMILES string of the molecule is CC(=O)N1CCC(Nc2cc(F)ccc2[N+](=O)[O-])CC1. The molecule has 0 unspecified atom stereocenters. The highest BCUT2D eigenvalue weighted by Gasteiger charge is 2.23. The van der Waals surface area contributed by atoms with Crippen LogP contribution in [0.2, 0.25) is 0 Å². The molecular weight excluding hydrogens is 265 g/mol. The predicted octanol–water partition coefficient (Wildman–Crippen LogP) is 2.16. The molecule has 1 amide bonds. The molecule has 1 N–H and O–H groups in total. The summed E-state index contributed by atoms with van der Waals surface area (Å²) in [7, 11) is 0. The number of benzene rings is 1. The van der Waals surface area contributed by atoms with E-state index in [1.165, 1.54) is 6.92 Å². The van der Waals surface area contributed by atoms with Gasteiger partial charge in [-0.1, -0.05) is 0 Å². The standard InChI is InChI=1S/C13H16FN3O3/c1-9(18)16-6-4-11(5-7-16)15-12-8-10(14)2-3-13(12)17(19)20/h2-3,8,11,15H,4-7H2,1H3. The van der Waals surface area contributed by atoms with Crippen molar-refractivity contribution in [3.05, 3.63) is 34.1 Å². The summed E-state index contributed by atoms with van der Waals surface area (Å²) in [5, 5.41) is 13.9. The van der Waals surface area contributed by atoms with E-state index in [-0.39, 0.29) is 23.3 Å². The number of rotatable bonds is 3. The topological polar surface area (TPSA) is 75.5 Å². The molecule has 1 aromatic carbocycles. The van der Waals surface area contributed by atoms with Crippen molar-refractivity contribution in [3.8, 4) is 0 Å². The van der Waals surface area contributed by atoms with Crippen molar-refractivity contribution in [2.75, 3.05) is 18.4 Å². The number of piperidine rings is 1. The molecule has 6 nitrogen and oxygen atoms in total. The Balaban J connectivity index is 2.06. The van der Waals surface area contributed by atoms with Gasteiger partial charge in [0, 0.05) is 38.2 Å². The molecule has 2 rings (SSSR count). The molecule has 0 aliphatic carbocycles. The van der Waals surface area contributed by atoms with Crippen LogP contribution in [0.1, 0.15) is 19.8 Å². The number of hydrogen-bond donors (Lipinski definition) is 1. The van der Waals surface area contributed by atoms with E-state index >= 15 is 0 Å². The maximum Gasteiger partial charge on any atom is 0.292 e. The number of nitro groups is 1. The van der Waals surface area contributed by atoms with Crippen molar-refractivity contribution >= 4 is 17.3 Å². The summed E-state index contributed by atoms with van der Waals surface area (Å²) in [5.41, 5.74) is 0.0525. The van der Waals surface area contributed by atoms with Crippen LogP contribution >= 0.6 is 0 Å². The third kappa shape index (κ3) is 3.23. The molecule has 0 aromatic heterocycles. The highest BCUT2D eigenvalue weighted by Crippen LogP contribution is 2.27. The second kappa shape index (κ2) is 5.85. The van der Waals surface area contributed by atoms with Crippen LogP contribution in [0.4, 0.5) is 15.8 Å². The first kappa shape index (κ1) is 14.2. The largest absolute Gasteiger partial charge is 0.377 e. The molecule has 1 fully saturated rings.